The van der Waals surface area contributed by atoms with Crippen LogP contribution >= 0.6 is 0 Å². The van der Waals surface area contributed by atoms with E-state index in [1.54, 1.807) is 12.1 Å². The summed E-state index contributed by atoms with van der Waals surface area (Å²) < 4.78 is 5.59. The molecule has 1 aliphatic heterocycles. The molecule has 0 spiro atoms. The molecule has 2 aromatic rings. The zero-order valence-corrected chi connectivity index (χ0v) is 10.7. The summed E-state index contributed by atoms with van der Waals surface area (Å²) in [6, 6.07) is 9.26. The third-order valence-corrected chi connectivity index (χ3v) is 3.46. The first-order valence-electron chi connectivity index (χ1n) is 6.30. The molecule has 98 valence electrons. The van der Waals surface area contributed by atoms with Gasteiger partial charge in [0.05, 0.1) is 12.1 Å². The van der Waals surface area contributed by atoms with Crippen molar-refractivity contribution in [1.29, 1.82) is 0 Å². The van der Waals surface area contributed by atoms with Gasteiger partial charge in [-0.05, 0) is 49.2 Å². The number of nitrogens with zero attached hydrogens (tertiary/aromatic N) is 1. The molecule has 0 bridgehead atoms. The van der Waals surface area contributed by atoms with Crippen molar-refractivity contribution in [2.45, 2.75) is 19.9 Å². The van der Waals surface area contributed by atoms with Crippen molar-refractivity contribution in [3.05, 3.63) is 53.0 Å². The molecule has 0 saturated heterocycles. The van der Waals surface area contributed by atoms with E-state index in [-0.39, 0.29) is 0 Å². The summed E-state index contributed by atoms with van der Waals surface area (Å²) in [6.07, 6.45) is 0.885. The first-order chi connectivity index (χ1) is 9.13. The fourth-order valence-electron chi connectivity index (χ4n) is 2.53. The summed E-state index contributed by atoms with van der Waals surface area (Å²) >= 11 is 0. The highest BCUT2D eigenvalue weighted by Gasteiger charge is 2.21. The largest absolute Gasteiger partial charge is 0.478 e. The van der Waals surface area contributed by atoms with Gasteiger partial charge in [-0.2, -0.15) is 0 Å². The Morgan fingerprint density at radius 1 is 1.37 bits per heavy atom. The first-order valence-corrected chi connectivity index (χ1v) is 6.30. The zero-order valence-electron chi connectivity index (χ0n) is 10.7. The molecule has 1 aliphatic rings. The van der Waals surface area contributed by atoms with Crippen LogP contribution in [-0.2, 0) is 13.0 Å². The van der Waals surface area contributed by atoms with E-state index in [0.717, 1.165) is 42.3 Å². The van der Waals surface area contributed by atoms with Crippen LogP contribution in [0, 0.1) is 6.92 Å². The quantitative estimate of drug-likeness (QED) is 0.918. The lowest BCUT2D eigenvalue weighted by Gasteiger charge is -2.17. The van der Waals surface area contributed by atoms with Crippen LogP contribution in [0.2, 0.25) is 0 Å². The lowest BCUT2D eigenvalue weighted by atomic mass is 10.1. The molecule has 0 atom stereocenters. The number of aryl methyl sites for hydroxylation is 1. The highest BCUT2D eigenvalue weighted by Crippen LogP contribution is 2.30. The normalized spacial score (nSPS) is 13.6. The highest BCUT2D eigenvalue weighted by molar-refractivity contribution is 5.88. The predicted octanol–water partition coefficient (Wildman–Crippen LogP) is 2.85. The number of benzene rings is 1. The lowest BCUT2D eigenvalue weighted by molar-refractivity contribution is 0.0697. The van der Waals surface area contributed by atoms with Gasteiger partial charge in [0.1, 0.15) is 11.5 Å². The fraction of sp³-hybridized carbons (Fsp3) is 0.267. The SMILES string of the molecule is Cc1ccc(CN2CCc3cc(C(=O)O)ccc32)o1. The molecule has 0 unspecified atom stereocenters. The number of anilines is 1. The van der Waals surface area contributed by atoms with Crippen LogP contribution in [0.25, 0.3) is 0 Å². The number of rotatable bonds is 3. The van der Waals surface area contributed by atoms with Crippen molar-refractivity contribution in [2.75, 3.05) is 11.4 Å². The average molecular weight is 257 g/mol. The molecule has 0 radical (unpaired) electrons. The van der Waals surface area contributed by atoms with Crippen LogP contribution in [0.15, 0.2) is 34.7 Å². The number of carboxylic acids is 1. The minimum Gasteiger partial charge on any atom is -0.478 e. The Labute approximate surface area is 111 Å². The molecule has 0 saturated carbocycles. The number of carbonyl (C=O) groups is 1. The van der Waals surface area contributed by atoms with Gasteiger partial charge in [-0.1, -0.05) is 0 Å². The predicted molar refractivity (Wildman–Crippen MR) is 71.6 cm³/mol. The van der Waals surface area contributed by atoms with E-state index in [9.17, 15) is 4.79 Å². The fourth-order valence-corrected chi connectivity index (χ4v) is 2.53. The van der Waals surface area contributed by atoms with E-state index < -0.39 is 5.97 Å². The molecule has 1 aromatic carbocycles. The molecular formula is C15H15NO3. The van der Waals surface area contributed by atoms with Gasteiger partial charge in [0, 0.05) is 12.2 Å². The maximum atomic E-state index is 10.9. The Balaban J connectivity index is 1.84. The number of aromatic carboxylic acids is 1. The van der Waals surface area contributed by atoms with Crippen molar-refractivity contribution in [3.8, 4) is 0 Å². The minimum absolute atomic E-state index is 0.356. The Morgan fingerprint density at radius 2 is 2.21 bits per heavy atom. The van der Waals surface area contributed by atoms with Crippen LogP contribution in [-0.4, -0.2) is 17.6 Å². The van der Waals surface area contributed by atoms with Crippen LogP contribution in [0.5, 0.6) is 0 Å². The second-order valence-electron chi connectivity index (χ2n) is 4.83. The van der Waals surface area contributed by atoms with Gasteiger partial charge in [-0.25, -0.2) is 4.79 Å². The minimum atomic E-state index is -0.872. The van der Waals surface area contributed by atoms with Crippen LogP contribution in [0.4, 0.5) is 5.69 Å². The summed E-state index contributed by atoms with van der Waals surface area (Å²) in [6.45, 7) is 3.56. The topological polar surface area (TPSA) is 53.7 Å². The summed E-state index contributed by atoms with van der Waals surface area (Å²) in [5.41, 5.74) is 2.57. The van der Waals surface area contributed by atoms with Gasteiger partial charge in [0.25, 0.3) is 0 Å². The van der Waals surface area contributed by atoms with E-state index in [1.807, 2.05) is 25.1 Å². The van der Waals surface area contributed by atoms with Gasteiger partial charge in [-0.15, -0.1) is 0 Å². The van der Waals surface area contributed by atoms with Crippen molar-refractivity contribution in [3.63, 3.8) is 0 Å². The number of hydrogen-bond donors (Lipinski definition) is 1. The number of furan rings is 1. The van der Waals surface area contributed by atoms with Gasteiger partial charge in [-0.3, -0.25) is 0 Å². The third-order valence-electron chi connectivity index (χ3n) is 3.46. The summed E-state index contributed by atoms with van der Waals surface area (Å²) in [5, 5.41) is 8.99. The lowest BCUT2D eigenvalue weighted by Crippen LogP contribution is -2.19. The molecule has 0 aliphatic carbocycles. The number of fused-ring (bicyclic) bond motifs is 1. The molecule has 1 aromatic heterocycles. The highest BCUT2D eigenvalue weighted by atomic mass is 16.4. The van der Waals surface area contributed by atoms with Crippen LogP contribution in [0.1, 0.15) is 27.4 Å². The smallest absolute Gasteiger partial charge is 0.335 e. The monoisotopic (exact) mass is 257 g/mol. The second-order valence-corrected chi connectivity index (χ2v) is 4.83. The van der Waals surface area contributed by atoms with Gasteiger partial charge in [0.2, 0.25) is 0 Å². The van der Waals surface area contributed by atoms with E-state index >= 15 is 0 Å². The molecular weight excluding hydrogens is 242 g/mol. The maximum Gasteiger partial charge on any atom is 0.335 e. The molecule has 4 nitrogen and oxygen atoms in total. The molecule has 1 N–H and O–H groups in total. The molecule has 0 amide bonds. The summed E-state index contributed by atoms with van der Waals surface area (Å²) in [4.78, 5) is 13.2. The van der Waals surface area contributed by atoms with Crippen molar-refractivity contribution >= 4 is 11.7 Å². The van der Waals surface area contributed by atoms with E-state index in [2.05, 4.69) is 4.90 Å². The molecule has 0 fully saturated rings. The Kier molecular flexibility index (Phi) is 2.78. The van der Waals surface area contributed by atoms with E-state index in [4.69, 9.17) is 9.52 Å². The van der Waals surface area contributed by atoms with Gasteiger partial charge >= 0.3 is 5.97 Å². The summed E-state index contributed by atoms with van der Waals surface area (Å²) in [7, 11) is 0. The Bertz CT molecular complexity index is 630. The first kappa shape index (κ1) is 11.8. The molecule has 19 heavy (non-hydrogen) atoms. The second kappa shape index (κ2) is 4.46. The molecule has 4 heteroatoms. The zero-order chi connectivity index (χ0) is 13.4. The van der Waals surface area contributed by atoms with E-state index in [0.29, 0.717) is 5.56 Å². The summed E-state index contributed by atoms with van der Waals surface area (Å²) in [5.74, 6) is 0.978. The third kappa shape index (κ3) is 2.21. The Morgan fingerprint density at radius 3 is 2.89 bits per heavy atom. The van der Waals surface area contributed by atoms with Gasteiger partial charge in [0.15, 0.2) is 0 Å². The number of hydrogen-bond acceptors (Lipinski definition) is 3. The van der Waals surface area contributed by atoms with Gasteiger partial charge < -0.3 is 14.4 Å². The number of carboxylic acid groups (broad SMARTS) is 1. The standard InChI is InChI=1S/C15H15NO3/c1-10-2-4-13(19-10)9-16-7-6-11-8-12(15(17)18)3-5-14(11)16/h2-5,8H,6-7,9H2,1H3,(H,17,18). The Hall–Kier alpha value is -2.23. The maximum absolute atomic E-state index is 10.9. The van der Waals surface area contributed by atoms with Crippen molar-refractivity contribution in [1.82, 2.24) is 0 Å². The van der Waals surface area contributed by atoms with Crippen molar-refractivity contribution in [2.24, 2.45) is 0 Å². The van der Waals surface area contributed by atoms with Crippen molar-refractivity contribution < 1.29 is 14.3 Å². The molecule has 3 rings (SSSR count). The van der Waals surface area contributed by atoms with Crippen LogP contribution < -0.4 is 4.90 Å². The van der Waals surface area contributed by atoms with E-state index in [1.165, 1.54) is 0 Å². The average Bonchev–Trinajstić information content (AvgIpc) is 2.96. The van der Waals surface area contributed by atoms with Crippen LogP contribution in [0.3, 0.4) is 0 Å². The molecule has 2 heterocycles.